The molecule has 2 aromatic carbocycles. The molecule has 0 aliphatic carbocycles. The molecule has 0 saturated carbocycles. The number of anilines is 2. The maximum absolute atomic E-state index is 12.7. The summed E-state index contributed by atoms with van der Waals surface area (Å²) in [6, 6.07) is 17.2. The van der Waals surface area contributed by atoms with Crippen LogP contribution in [0.5, 0.6) is 0 Å². The van der Waals surface area contributed by atoms with Gasteiger partial charge < -0.3 is 20.6 Å². The molecule has 0 bridgehead atoms. The first-order chi connectivity index (χ1) is 18.8. The van der Waals surface area contributed by atoms with Crippen LogP contribution in [-0.2, 0) is 22.1 Å². The van der Waals surface area contributed by atoms with Gasteiger partial charge >= 0.3 is 6.09 Å². The molecule has 2 heterocycles. The highest BCUT2D eigenvalue weighted by molar-refractivity contribution is 7.13. The lowest BCUT2D eigenvalue weighted by atomic mass is 10.0. The van der Waals surface area contributed by atoms with Gasteiger partial charge in [0.2, 0.25) is 5.91 Å². The second-order valence-electron chi connectivity index (χ2n) is 12.0. The minimum absolute atomic E-state index is 0.00314. The van der Waals surface area contributed by atoms with E-state index in [0.29, 0.717) is 22.9 Å². The Morgan fingerprint density at radius 3 is 2.40 bits per heavy atom. The molecule has 40 heavy (non-hydrogen) atoms. The van der Waals surface area contributed by atoms with Crippen molar-refractivity contribution < 1.29 is 19.1 Å². The monoisotopic (exact) mass is 580 g/mol. The number of rotatable bonds is 9. The molecular formula is C30H40N4O4SSi. The Morgan fingerprint density at radius 2 is 1.82 bits per heavy atom. The highest BCUT2D eigenvalue weighted by Gasteiger charge is 2.46. The number of carboxylic acid groups (broad SMARTS) is 1. The molecule has 0 radical (unpaired) electrons. The predicted octanol–water partition coefficient (Wildman–Crippen LogP) is 6.72. The SMILES string of the molecule is CC(C)(C)[Si](C)(C)O[C@H](c1ccccc1)[C@H]1CC[C@@H](Cc2ccc(NC(=O)Cc3csc(N)n3)cc2)N1C(=O)O. The summed E-state index contributed by atoms with van der Waals surface area (Å²) in [6.07, 6.45) is 1.01. The van der Waals surface area contributed by atoms with Crippen LogP contribution in [0.1, 0.15) is 56.5 Å². The van der Waals surface area contributed by atoms with Crippen molar-refractivity contribution in [1.82, 2.24) is 9.88 Å². The topological polar surface area (TPSA) is 118 Å². The van der Waals surface area contributed by atoms with Crippen LogP contribution in [0.4, 0.5) is 15.6 Å². The van der Waals surface area contributed by atoms with Crippen LogP contribution in [0.3, 0.4) is 0 Å². The standard InChI is InChI=1S/C30H40N4O4SSi/c1-30(2,3)40(4,5)38-27(21-9-7-6-8-10-21)25-16-15-24(34(25)29(36)37)17-20-11-13-22(14-12-20)32-26(35)18-23-19-39-28(31)33-23/h6-14,19,24-25,27H,15-18H2,1-5H3,(H2,31,33)(H,32,35)(H,36,37)/t24-,25+,27+/m0/s1. The van der Waals surface area contributed by atoms with Crippen molar-refractivity contribution >= 4 is 42.5 Å². The number of nitrogens with zero attached hydrogens (tertiary/aromatic N) is 2. The van der Waals surface area contributed by atoms with Gasteiger partial charge in [0, 0.05) is 17.1 Å². The van der Waals surface area contributed by atoms with E-state index in [1.165, 1.54) is 11.3 Å². The summed E-state index contributed by atoms with van der Waals surface area (Å²) in [5.74, 6) is -0.164. The maximum atomic E-state index is 12.7. The molecule has 1 fully saturated rings. The van der Waals surface area contributed by atoms with Gasteiger partial charge in [0.15, 0.2) is 13.4 Å². The molecule has 8 nitrogen and oxygen atoms in total. The zero-order valence-corrected chi connectivity index (χ0v) is 25.7. The first-order valence-electron chi connectivity index (χ1n) is 13.7. The van der Waals surface area contributed by atoms with Crippen molar-refractivity contribution in [2.75, 3.05) is 11.1 Å². The average Bonchev–Trinajstić information content (AvgIpc) is 3.49. The highest BCUT2D eigenvalue weighted by atomic mass is 32.1. The summed E-state index contributed by atoms with van der Waals surface area (Å²) in [5.41, 5.74) is 9.01. The summed E-state index contributed by atoms with van der Waals surface area (Å²) < 4.78 is 6.93. The van der Waals surface area contributed by atoms with Crippen LogP contribution in [0.2, 0.25) is 18.1 Å². The number of hydrogen-bond donors (Lipinski definition) is 3. The van der Waals surface area contributed by atoms with Crippen LogP contribution in [-0.4, -0.2) is 47.4 Å². The third-order valence-electron chi connectivity index (χ3n) is 8.09. The van der Waals surface area contributed by atoms with Crippen molar-refractivity contribution in [3.8, 4) is 0 Å². The zero-order chi connectivity index (χ0) is 29.1. The van der Waals surface area contributed by atoms with Crippen molar-refractivity contribution in [1.29, 1.82) is 0 Å². The van der Waals surface area contributed by atoms with E-state index in [4.69, 9.17) is 10.2 Å². The molecule has 1 aliphatic rings. The molecule has 3 atom stereocenters. The van der Waals surface area contributed by atoms with Crippen molar-refractivity contribution in [2.24, 2.45) is 0 Å². The van der Waals surface area contributed by atoms with Crippen LogP contribution < -0.4 is 11.1 Å². The Balaban J connectivity index is 1.47. The maximum Gasteiger partial charge on any atom is 0.407 e. The number of nitrogen functional groups attached to an aromatic ring is 1. The number of hydrogen-bond acceptors (Lipinski definition) is 6. The molecule has 0 spiro atoms. The fourth-order valence-corrected chi connectivity index (χ4v) is 6.83. The Bertz CT molecular complexity index is 1310. The Morgan fingerprint density at radius 1 is 1.15 bits per heavy atom. The average molecular weight is 581 g/mol. The number of likely N-dealkylation sites (tertiary alicyclic amines) is 1. The van der Waals surface area contributed by atoms with E-state index in [2.05, 4.69) is 44.2 Å². The zero-order valence-electron chi connectivity index (χ0n) is 23.9. The number of nitrogens with one attached hydrogen (secondary N) is 1. The van der Waals surface area contributed by atoms with Gasteiger partial charge in [0.05, 0.1) is 24.3 Å². The summed E-state index contributed by atoms with van der Waals surface area (Å²) in [6.45, 7) is 11.0. The molecule has 1 aliphatic heterocycles. The van der Waals surface area contributed by atoms with Crippen LogP contribution in [0, 0.1) is 0 Å². The molecular weight excluding hydrogens is 541 g/mol. The number of benzene rings is 2. The molecule has 214 valence electrons. The van der Waals surface area contributed by atoms with E-state index in [1.54, 1.807) is 10.3 Å². The molecule has 4 rings (SSSR count). The van der Waals surface area contributed by atoms with Crippen LogP contribution in [0.25, 0.3) is 0 Å². The van der Waals surface area contributed by atoms with Gasteiger partial charge in [-0.15, -0.1) is 11.3 Å². The minimum Gasteiger partial charge on any atom is -0.465 e. The van der Waals surface area contributed by atoms with Gasteiger partial charge in [-0.25, -0.2) is 9.78 Å². The predicted molar refractivity (Wildman–Crippen MR) is 163 cm³/mol. The summed E-state index contributed by atoms with van der Waals surface area (Å²) in [7, 11) is -2.19. The minimum atomic E-state index is -2.19. The van der Waals surface area contributed by atoms with E-state index in [-0.39, 0.29) is 35.6 Å². The molecule has 1 aromatic heterocycles. The highest BCUT2D eigenvalue weighted by Crippen LogP contribution is 2.44. The lowest BCUT2D eigenvalue weighted by Gasteiger charge is -2.42. The lowest BCUT2D eigenvalue weighted by molar-refractivity contribution is -0.115. The number of carbonyl (C=O) groups is 2. The van der Waals surface area contributed by atoms with Gasteiger partial charge in [0.1, 0.15) is 0 Å². The van der Waals surface area contributed by atoms with Gasteiger partial charge in [-0.1, -0.05) is 63.2 Å². The quantitative estimate of drug-likeness (QED) is 0.242. The largest absolute Gasteiger partial charge is 0.465 e. The summed E-state index contributed by atoms with van der Waals surface area (Å²) >= 11 is 1.31. The molecule has 0 unspecified atom stereocenters. The lowest BCUT2D eigenvalue weighted by Crippen LogP contribution is -2.49. The summed E-state index contributed by atoms with van der Waals surface area (Å²) in [4.78, 5) is 30.8. The smallest absolute Gasteiger partial charge is 0.407 e. The van der Waals surface area contributed by atoms with E-state index in [9.17, 15) is 14.7 Å². The van der Waals surface area contributed by atoms with E-state index in [0.717, 1.165) is 24.0 Å². The third-order valence-corrected chi connectivity index (χ3v) is 13.3. The van der Waals surface area contributed by atoms with Gasteiger partial charge in [0.25, 0.3) is 0 Å². The van der Waals surface area contributed by atoms with Crippen molar-refractivity contribution in [3.05, 3.63) is 76.8 Å². The molecule has 4 N–H and O–H groups in total. The normalized spacial score (nSPS) is 18.5. The third kappa shape index (κ3) is 7.10. The van der Waals surface area contributed by atoms with E-state index in [1.807, 2.05) is 54.6 Å². The first-order valence-corrected chi connectivity index (χ1v) is 17.5. The van der Waals surface area contributed by atoms with E-state index >= 15 is 0 Å². The van der Waals surface area contributed by atoms with Gasteiger partial charge in [-0.2, -0.15) is 0 Å². The van der Waals surface area contributed by atoms with Crippen LogP contribution in [0.15, 0.2) is 60.0 Å². The Kier molecular flexibility index (Phi) is 9.01. The molecule has 1 saturated heterocycles. The fourth-order valence-electron chi connectivity index (χ4n) is 4.98. The second-order valence-corrected chi connectivity index (χ2v) is 17.6. The second kappa shape index (κ2) is 12.1. The molecule has 10 heteroatoms. The number of nitrogens with two attached hydrogens (primary N) is 1. The van der Waals surface area contributed by atoms with Crippen LogP contribution >= 0.6 is 11.3 Å². The van der Waals surface area contributed by atoms with Crippen molar-refractivity contribution in [3.63, 3.8) is 0 Å². The number of thiazole rings is 1. The molecule has 3 aromatic rings. The summed E-state index contributed by atoms with van der Waals surface area (Å²) in [5, 5.41) is 15.5. The first kappa shape index (κ1) is 29.8. The number of amides is 2. The Labute approximate surface area is 241 Å². The van der Waals surface area contributed by atoms with Gasteiger partial charge in [-0.05, 0) is 60.7 Å². The molecule has 2 amide bonds. The fraction of sp³-hybridized carbons (Fsp3) is 0.433. The number of aromatic nitrogens is 1. The Hall–Kier alpha value is -3.21. The van der Waals surface area contributed by atoms with Crippen molar-refractivity contribution in [2.45, 2.75) is 82.8 Å². The van der Waals surface area contributed by atoms with E-state index < -0.39 is 14.4 Å². The van der Waals surface area contributed by atoms with Gasteiger partial charge in [-0.3, -0.25) is 9.69 Å². The number of carbonyl (C=O) groups excluding carboxylic acids is 1.